The molecule has 3 aromatic rings. The number of rotatable bonds is 3. The molecule has 0 bridgehead atoms. The second-order valence-corrected chi connectivity index (χ2v) is 5.23. The van der Waals surface area contributed by atoms with Gasteiger partial charge < -0.3 is 10.5 Å². The number of nitrogen functional groups attached to an aromatic ring is 1. The molecule has 0 atom stereocenters. The summed E-state index contributed by atoms with van der Waals surface area (Å²) in [6.45, 7) is -0.168. The number of anilines is 1. The first-order valence-corrected chi connectivity index (χ1v) is 6.67. The van der Waals surface area contributed by atoms with Crippen molar-refractivity contribution < 1.29 is 13.5 Å². The molecule has 2 aromatic carbocycles. The van der Waals surface area contributed by atoms with Gasteiger partial charge in [0, 0.05) is 0 Å². The van der Waals surface area contributed by atoms with E-state index in [0.717, 1.165) is 10.2 Å². The van der Waals surface area contributed by atoms with Crippen LogP contribution in [0.2, 0.25) is 0 Å². The smallest absolute Gasteiger partial charge is 0.181 e. The van der Waals surface area contributed by atoms with Gasteiger partial charge in [0.25, 0.3) is 0 Å². The highest BCUT2D eigenvalue weighted by molar-refractivity contribution is 7.22. The van der Waals surface area contributed by atoms with Crippen molar-refractivity contribution in [2.24, 2.45) is 0 Å². The van der Waals surface area contributed by atoms with E-state index in [9.17, 15) is 8.78 Å². The molecule has 0 unspecified atom stereocenters. The Bertz CT molecular complexity index is 753. The first-order valence-electron chi connectivity index (χ1n) is 5.85. The molecule has 20 heavy (non-hydrogen) atoms. The number of benzene rings is 2. The zero-order chi connectivity index (χ0) is 14.1. The summed E-state index contributed by atoms with van der Waals surface area (Å²) in [4.78, 5) is 4.12. The third-order valence-electron chi connectivity index (χ3n) is 2.82. The fraction of sp³-hybridized carbons (Fsp3) is 0.0714. The number of thiazole rings is 1. The van der Waals surface area contributed by atoms with E-state index >= 15 is 0 Å². The standard InChI is InChI=1S/C14H10F2N2OS/c15-10-2-1-3-11(16)9(10)7-19-8-4-5-12-13(6-8)20-14(17)18-12/h1-6H,7H2,(H2,17,18). The minimum absolute atomic E-state index is 0.0867. The van der Waals surface area contributed by atoms with Crippen LogP contribution in [0.15, 0.2) is 36.4 Å². The molecule has 0 amide bonds. The number of hydrogen-bond acceptors (Lipinski definition) is 4. The van der Waals surface area contributed by atoms with E-state index in [1.165, 1.54) is 29.5 Å². The van der Waals surface area contributed by atoms with E-state index in [-0.39, 0.29) is 12.2 Å². The monoisotopic (exact) mass is 292 g/mol. The normalized spacial score (nSPS) is 10.9. The van der Waals surface area contributed by atoms with E-state index in [4.69, 9.17) is 10.5 Å². The summed E-state index contributed by atoms with van der Waals surface area (Å²) in [6, 6.07) is 8.93. The predicted octanol–water partition coefficient (Wildman–Crippen LogP) is 3.74. The second kappa shape index (κ2) is 5.05. The Morgan fingerprint density at radius 3 is 2.65 bits per heavy atom. The lowest BCUT2D eigenvalue weighted by molar-refractivity contribution is 0.293. The number of fused-ring (bicyclic) bond motifs is 1. The van der Waals surface area contributed by atoms with Gasteiger partial charge in [0.2, 0.25) is 0 Å². The number of aromatic nitrogens is 1. The van der Waals surface area contributed by atoms with E-state index < -0.39 is 11.6 Å². The molecule has 0 fully saturated rings. The summed E-state index contributed by atoms with van der Waals surface area (Å²) in [5.41, 5.74) is 6.30. The van der Waals surface area contributed by atoms with Crippen molar-refractivity contribution in [1.29, 1.82) is 0 Å². The Labute approximate surface area is 117 Å². The van der Waals surface area contributed by atoms with Crippen LogP contribution in [0, 0.1) is 11.6 Å². The Morgan fingerprint density at radius 1 is 1.15 bits per heavy atom. The molecule has 0 saturated carbocycles. The summed E-state index contributed by atoms with van der Waals surface area (Å²) < 4.78 is 33.2. The van der Waals surface area contributed by atoms with Crippen molar-refractivity contribution >= 4 is 26.7 Å². The van der Waals surface area contributed by atoms with Crippen LogP contribution in [0.4, 0.5) is 13.9 Å². The van der Waals surface area contributed by atoms with Crippen LogP contribution in [-0.2, 0) is 6.61 Å². The molecule has 6 heteroatoms. The van der Waals surface area contributed by atoms with E-state index in [2.05, 4.69) is 4.98 Å². The van der Waals surface area contributed by atoms with Gasteiger partial charge in [-0.1, -0.05) is 17.4 Å². The molecule has 0 radical (unpaired) electrons. The molecule has 3 nitrogen and oxygen atoms in total. The van der Waals surface area contributed by atoms with Crippen LogP contribution in [-0.4, -0.2) is 4.98 Å². The van der Waals surface area contributed by atoms with Crippen LogP contribution in [0.5, 0.6) is 5.75 Å². The number of nitrogens with two attached hydrogens (primary N) is 1. The van der Waals surface area contributed by atoms with Gasteiger partial charge in [-0.25, -0.2) is 13.8 Å². The fourth-order valence-electron chi connectivity index (χ4n) is 1.84. The maximum atomic E-state index is 13.5. The van der Waals surface area contributed by atoms with Gasteiger partial charge in [-0.15, -0.1) is 0 Å². The molecule has 1 aromatic heterocycles. The van der Waals surface area contributed by atoms with Crippen LogP contribution < -0.4 is 10.5 Å². The van der Waals surface area contributed by atoms with Crippen LogP contribution in [0.1, 0.15) is 5.56 Å². The summed E-state index contributed by atoms with van der Waals surface area (Å²) in [5, 5.41) is 0.470. The van der Waals surface area contributed by atoms with Gasteiger partial charge in [0.05, 0.1) is 15.8 Å². The highest BCUT2D eigenvalue weighted by Gasteiger charge is 2.09. The summed E-state index contributed by atoms with van der Waals surface area (Å²) in [7, 11) is 0. The van der Waals surface area contributed by atoms with E-state index in [1.807, 2.05) is 0 Å². The largest absolute Gasteiger partial charge is 0.489 e. The average molecular weight is 292 g/mol. The second-order valence-electron chi connectivity index (χ2n) is 4.17. The van der Waals surface area contributed by atoms with E-state index in [1.54, 1.807) is 18.2 Å². The zero-order valence-electron chi connectivity index (χ0n) is 10.3. The Kier molecular flexibility index (Phi) is 3.23. The first-order chi connectivity index (χ1) is 9.63. The highest BCUT2D eigenvalue weighted by atomic mass is 32.1. The SMILES string of the molecule is Nc1nc2ccc(OCc3c(F)cccc3F)cc2s1. The van der Waals surface area contributed by atoms with Crippen molar-refractivity contribution in [3.63, 3.8) is 0 Å². The molecule has 0 aliphatic rings. The predicted molar refractivity (Wildman–Crippen MR) is 74.7 cm³/mol. The van der Waals surface area contributed by atoms with Gasteiger partial charge in [0.1, 0.15) is 24.0 Å². The number of hydrogen-bond donors (Lipinski definition) is 1. The summed E-state index contributed by atoms with van der Waals surface area (Å²) >= 11 is 1.33. The van der Waals surface area contributed by atoms with Crippen LogP contribution >= 0.6 is 11.3 Å². The van der Waals surface area contributed by atoms with Crippen molar-refractivity contribution in [3.8, 4) is 5.75 Å². The maximum Gasteiger partial charge on any atom is 0.181 e. The van der Waals surface area contributed by atoms with Gasteiger partial charge in [-0.3, -0.25) is 0 Å². The number of halogens is 2. The lowest BCUT2D eigenvalue weighted by Gasteiger charge is -2.07. The van der Waals surface area contributed by atoms with Gasteiger partial charge in [-0.05, 0) is 30.3 Å². The molecular formula is C14H10F2N2OS. The molecule has 1 heterocycles. The topological polar surface area (TPSA) is 48.1 Å². The molecule has 0 saturated heterocycles. The minimum atomic E-state index is -0.617. The maximum absolute atomic E-state index is 13.5. The Hall–Kier alpha value is -2.21. The van der Waals surface area contributed by atoms with Crippen molar-refractivity contribution in [3.05, 3.63) is 53.6 Å². The molecular weight excluding hydrogens is 282 g/mol. The number of nitrogens with zero attached hydrogens (tertiary/aromatic N) is 1. The summed E-state index contributed by atoms with van der Waals surface area (Å²) in [5.74, 6) is -0.718. The number of ether oxygens (including phenoxy) is 1. The van der Waals surface area contributed by atoms with Crippen LogP contribution in [0.3, 0.4) is 0 Å². The van der Waals surface area contributed by atoms with Crippen LogP contribution in [0.25, 0.3) is 10.2 Å². The Morgan fingerprint density at radius 2 is 1.90 bits per heavy atom. The zero-order valence-corrected chi connectivity index (χ0v) is 11.1. The van der Waals surface area contributed by atoms with Gasteiger partial charge in [-0.2, -0.15) is 0 Å². The van der Waals surface area contributed by atoms with Gasteiger partial charge in [0.15, 0.2) is 5.13 Å². The molecule has 0 spiro atoms. The molecule has 2 N–H and O–H groups in total. The van der Waals surface area contributed by atoms with Crippen molar-refractivity contribution in [2.75, 3.05) is 5.73 Å². The molecule has 0 aliphatic carbocycles. The third kappa shape index (κ3) is 2.42. The lowest BCUT2D eigenvalue weighted by atomic mass is 10.2. The first kappa shape index (κ1) is 12.8. The van der Waals surface area contributed by atoms with Gasteiger partial charge >= 0.3 is 0 Å². The molecule has 3 rings (SSSR count). The van der Waals surface area contributed by atoms with E-state index in [0.29, 0.717) is 10.9 Å². The Balaban J connectivity index is 1.83. The van der Waals surface area contributed by atoms with Crippen molar-refractivity contribution in [1.82, 2.24) is 4.98 Å². The molecule has 0 aliphatic heterocycles. The highest BCUT2D eigenvalue weighted by Crippen LogP contribution is 2.28. The quantitative estimate of drug-likeness (QED) is 0.800. The lowest BCUT2D eigenvalue weighted by Crippen LogP contribution is -2.01. The molecule has 102 valence electrons. The fourth-order valence-corrected chi connectivity index (χ4v) is 2.60. The van der Waals surface area contributed by atoms with Crippen molar-refractivity contribution in [2.45, 2.75) is 6.61 Å². The minimum Gasteiger partial charge on any atom is -0.489 e. The summed E-state index contributed by atoms with van der Waals surface area (Å²) in [6.07, 6.45) is 0. The average Bonchev–Trinajstić information content (AvgIpc) is 2.77. The third-order valence-corrected chi connectivity index (χ3v) is 3.67.